The summed E-state index contributed by atoms with van der Waals surface area (Å²) in [7, 11) is -4.06. The van der Waals surface area contributed by atoms with E-state index < -0.39 is 26.7 Å². The molecule has 1 aromatic carbocycles. The molecule has 2 heterocycles. The van der Waals surface area contributed by atoms with Crippen molar-refractivity contribution in [2.75, 3.05) is 26.2 Å². The van der Waals surface area contributed by atoms with Gasteiger partial charge >= 0.3 is 6.18 Å². The molecule has 0 spiro atoms. The molecule has 0 N–H and O–H groups in total. The number of benzene rings is 1. The maximum absolute atomic E-state index is 12.8. The molecule has 1 amide bonds. The zero-order chi connectivity index (χ0) is 19.8. The number of nitrogens with zero attached hydrogens (tertiary/aromatic N) is 2. The maximum Gasteiger partial charge on any atom is 0.416 e. The van der Waals surface area contributed by atoms with Crippen molar-refractivity contribution in [1.82, 2.24) is 9.21 Å². The number of rotatable bonds is 3. The predicted molar refractivity (Wildman–Crippen MR) is 98.1 cm³/mol. The van der Waals surface area contributed by atoms with Crippen molar-refractivity contribution in [3.8, 4) is 0 Å². The van der Waals surface area contributed by atoms with Crippen LogP contribution >= 0.6 is 27.3 Å². The zero-order valence-corrected chi connectivity index (χ0v) is 17.0. The molecule has 0 atom stereocenters. The van der Waals surface area contributed by atoms with E-state index in [9.17, 15) is 26.4 Å². The number of hydrogen-bond donors (Lipinski definition) is 0. The second kappa shape index (κ2) is 7.53. The van der Waals surface area contributed by atoms with Crippen molar-refractivity contribution in [3.05, 3.63) is 50.6 Å². The van der Waals surface area contributed by atoms with Gasteiger partial charge in [0, 0.05) is 26.2 Å². The maximum atomic E-state index is 12.8. The van der Waals surface area contributed by atoms with Gasteiger partial charge in [-0.25, -0.2) is 8.42 Å². The Morgan fingerprint density at radius 1 is 1.07 bits per heavy atom. The molecule has 146 valence electrons. The summed E-state index contributed by atoms with van der Waals surface area (Å²) in [5.74, 6) is -0.193. The number of piperazine rings is 1. The third-order valence-corrected chi connectivity index (χ3v) is 7.62. The molecule has 5 nitrogen and oxygen atoms in total. The van der Waals surface area contributed by atoms with Crippen LogP contribution in [0.1, 0.15) is 15.2 Å². The average molecular weight is 483 g/mol. The highest BCUT2D eigenvalue weighted by atomic mass is 79.9. The van der Waals surface area contributed by atoms with E-state index in [0.717, 1.165) is 26.3 Å². The predicted octanol–water partition coefficient (Wildman–Crippen LogP) is 3.68. The fourth-order valence-corrected chi connectivity index (χ4v) is 5.52. The molecule has 0 radical (unpaired) electrons. The molecule has 1 saturated heterocycles. The minimum atomic E-state index is -4.62. The quantitative estimate of drug-likeness (QED) is 0.670. The highest BCUT2D eigenvalue weighted by molar-refractivity contribution is 9.11. The van der Waals surface area contributed by atoms with Gasteiger partial charge in [0.25, 0.3) is 5.91 Å². The zero-order valence-electron chi connectivity index (χ0n) is 13.7. The van der Waals surface area contributed by atoms with Crippen molar-refractivity contribution in [2.45, 2.75) is 11.1 Å². The van der Waals surface area contributed by atoms with E-state index in [1.807, 2.05) is 0 Å². The molecule has 0 aliphatic carbocycles. The minimum Gasteiger partial charge on any atom is -0.335 e. The number of amides is 1. The van der Waals surface area contributed by atoms with Crippen LogP contribution in [0.5, 0.6) is 0 Å². The van der Waals surface area contributed by atoms with E-state index in [4.69, 9.17) is 0 Å². The summed E-state index contributed by atoms with van der Waals surface area (Å²) >= 11 is 4.57. The Kier molecular flexibility index (Phi) is 5.67. The fourth-order valence-electron chi connectivity index (χ4n) is 2.70. The number of alkyl halides is 3. The Labute approximate surface area is 166 Å². The first-order valence-electron chi connectivity index (χ1n) is 7.81. The van der Waals surface area contributed by atoms with E-state index in [2.05, 4.69) is 15.9 Å². The summed E-state index contributed by atoms with van der Waals surface area (Å²) in [6.45, 7) is 0.396. The van der Waals surface area contributed by atoms with Crippen LogP contribution in [0.4, 0.5) is 13.2 Å². The summed E-state index contributed by atoms with van der Waals surface area (Å²) < 4.78 is 65.8. The van der Waals surface area contributed by atoms with E-state index in [1.54, 1.807) is 12.1 Å². The normalized spacial score (nSPS) is 16.5. The van der Waals surface area contributed by atoms with Gasteiger partial charge in [-0.1, -0.05) is 6.07 Å². The monoisotopic (exact) mass is 482 g/mol. The lowest BCUT2D eigenvalue weighted by atomic mass is 10.2. The molecule has 27 heavy (non-hydrogen) atoms. The van der Waals surface area contributed by atoms with Gasteiger partial charge in [0.1, 0.15) is 0 Å². The Hall–Kier alpha value is -1.43. The standard InChI is InChI=1S/C16H14BrF3N2O3S2/c17-14-5-4-13(26-14)15(23)21-6-8-22(9-7-21)27(24,25)12-3-1-2-11(10-12)16(18,19)20/h1-5,10H,6-9H2. The lowest BCUT2D eigenvalue weighted by Gasteiger charge is -2.33. The molecular weight excluding hydrogens is 469 g/mol. The van der Waals surface area contributed by atoms with E-state index in [1.165, 1.54) is 16.2 Å². The largest absolute Gasteiger partial charge is 0.416 e. The Morgan fingerprint density at radius 3 is 2.30 bits per heavy atom. The second-order valence-electron chi connectivity index (χ2n) is 5.83. The third-order valence-electron chi connectivity index (χ3n) is 4.11. The van der Waals surface area contributed by atoms with E-state index >= 15 is 0 Å². The van der Waals surface area contributed by atoms with Crippen LogP contribution in [-0.4, -0.2) is 49.7 Å². The van der Waals surface area contributed by atoms with Crippen LogP contribution in [0.15, 0.2) is 45.1 Å². The Balaban J connectivity index is 1.72. The third kappa shape index (κ3) is 4.36. The molecule has 0 unspecified atom stereocenters. The summed E-state index contributed by atoms with van der Waals surface area (Å²) in [6.07, 6.45) is -4.62. The van der Waals surface area contributed by atoms with E-state index in [0.29, 0.717) is 10.9 Å². The second-order valence-corrected chi connectivity index (χ2v) is 10.2. The molecule has 1 aliphatic heterocycles. The molecule has 1 aliphatic rings. The van der Waals surface area contributed by atoms with Gasteiger partial charge in [0.05, 0.1) is 19.1 Å². The van der Waals surface area contributed by atoms with Crippen molar-refractivity contribution >= 4 is 43.2 Å². The van der Waals surface area contributed by atoms with Gasteiger partial charge in [-0.2, -0.15) is 17.5 Å². The van der Waals surface area contributed by atoms with Crippen LogP contribution in [0.2, 0.25) is 0 Å². The van der Waals surface area contributed by atoms with Gasteiger partial charge in [-0.3, -0.25) is 4.79 Å². The van der Waals surface area contributed by atoms with Gasteiger partial charge in [0.2, 0.25) is 10.0 Å². The lowest BCUT2D eigenvalue weighted by molar-refractivity contribution is -0.137. The molecule has 3 rings (SSSR count). The Morgan fingerprint density at radius 2 is 1.74 bits per heavy atom. The SMILES string of the molecule is O=C(c1ccc(Br)s1)N1CCN(S(=O)(=O)c2cccc(C(F)(F)F)c2)CC1. The van der Waals surface area contributed by atoms with Gasteiger partial charge in [-0.05, 0) is 46.3 Å². The topological polar surface area (TPSA) is 57.7 Å². The fraction of sp³-hybridized carbons (Fsp3) is 0.312. The van der Waals surface area contributed by atoms with Crippen molar-refractivity contribution in [3.63, 3.8) is 0 Å². The van der Waals surface area contributed by atoms with Crippen LogP contribution in [0.25, 0.3) is 0 Å². The number of hydrogen-bond acceptors (Lipinski definition) is 4. The minimum absolute atomic E-state index is 0.0247. The smallest absolute Gasteiger partial charge is 0.335 e. The molecule has 0 bridgehead atoms. The first kappa shape index (κ1) is 20.3. The van der Waals surface area contributed by atoms with Gasteiger partial charge in [-0.15, -0.1) is 11.3 Å². The van der Waals surface area contributed by atoms with Crippen LogP contribution in [0, 0.1) is 0 Å². The summed E-state index contributed by atoms with van der Waals surface area (Å²) in [6, 6.07) is 7.12. The van der Waals surface area contributed by atoms with Gasteiger partial charge in [0.15, 0.2) is 0 Å². The first-order chi connectivity index (χ1) is 12.6. The van der Waals surface area contributed by atoms with Crippen LogP contribution in [-0.2, 0) is 16.2 Å². The van der Waals surface area contributed by atoms with Crippen molar-refractivity contribution in [2.24, 2.45) is 0 Å². The highest BCUT2D eigenvalue weighted by Gasteiger charge is 2.34. The average Bonchev–Trinajstić information content (AvgIpc) is 3.07. The number of sulfonamides is 1. The number of thiophene rings is 1. The van der Waals surface area contributed by atoms with Gasteiger partial charge < -0.3 is 4.90 Å². The number of carbonyl (C=O) groups excluding carboxylic acids is 1. The van der Waals surface area contributed by atoms with E-state index in [-0.39, 0.29) is 32.1 Å². The first-order valence-corrected chi connectivity index (χ1v) is 10.9. The number of halogens is 4. The summed E-state index contributed by atoms with van der Waals surface area (Å²) in [5, 5.41) is 0. The van der Waals surface area contributed by atoms with Crippen molar-refractivity contribution in [1.29, 1.82) is 0 Å². The Bertz CT molecular complexity index is 952. The highest BCUT2D eigenvalue weighted by Crippen LogP contribution is 2.31. The molecule has 0 saturated carbocycles. The molecule has 1 fully saturated rings. The summed E-state index contributed by atoms with van der Waals surface area (Å²) in [5.41, 5.74) is -1.01. The molecule has 1 aromatic heterocycles. The molecule has 11 heteroatoms. The van der Waals surface area contributed by atoms with Crippen LogP contribution < -0.4 is 0 Å². The van der Waals surface area contributed by atoms with Crippen LogP contribution in [0.3, 0.4) is 0 Å². The van der Waals surface area contributed by atoms with Crippen molar-refractivity contribution < 1.29 is 26.4 Å². The molecular formula is C16H14BrF3N2O3S2. The number of carbonyl (C=O) groups is 1. The summed E-state index contributed by atoms with van der Waals surface area (Å²) in [4.78, 5) is 14.1. The molecule has 2 aromatic rings. The lowest BCUT2D eigenvalue weighted by Crippen LogP contribution is -2.50.